The lowest BCUT2D eigenvalue weighted by Crippen LogP contribution is -2.14. The van der Waals surface area contributed by atoms with E-state index in [4.69, 9.17) is 0 Å². The van der Waals surface area contributed by atoms with Gasteiger partial charge in [0, 0.05) is 10.2 Å². The van der Waals surface area contributed by atoms with Crippen LogP contribution < -0.4 is 5.32 Å². The Balaban J connectivity index is 2.31. The van der Waals surface area contributed by atoms with Crippen molar-refractivity contribution >= 4 is 43.5 Å². The van der Waals surface area contributed by atoms with Crippen LogP contribution >= 0.6 is 31.9 Å². The number of hydrogen-bond acceptors (Lipinski definition) is 1. The van der Waals surface area contributed by atoms with Crippen LogP contribution in [0.4, 0.5) is 10.1 Å². The van der Waals surface area contributed by atoms with Gasteiger partial charge in [0.15, 0.2) is 0 Å². The number of halogens is 3. The first-order valence-electron chi connectivity index (χ1n) is 5.50. The topological polar surface area (TPSA) is 29.1 Å². The van der Waals surface area contributed by atoms with Gasteiger partial charge < -0.3 is 5.32 Å². The molecular weight excluding hydrogens is 377 g/mol. The maximum absolute atomic E-state index is 13.8. The zero-order chi connectivity index (χ0) is 14.0. The van der Waals surface area contributed by atoms with Crippen LogP contribution in [-0.2, 0) is 0 Å². The molecule has 2 aromatic rings. The lowest BCUT2D eigenvalue weighted by atomic mass is 10.1. The van der Waals surface area contributed by atoms with E-state index in [1.54, 1.807) is 18.2 Å². The van der Waals surface area contributed by atoms with Gasteiger partial charge in [-0.3, -0.25) is 4.79 Å². The zero-order valence-corrected chi connectivity index (χ0v) is 13.2. The molecule has 0 radical (unpaired) electrons. The average Bonchev–Trinajstić information content (AvgIpc) is 2.37. The molecule has 0 aliphatic carbocycles. The van der Waals surface area contributed by atoms with Gasteiger partial charge in [-0.05, 0) is 52.7 Å². The second-order valence-corrected chi connectivity index (χ2v) is 5.78. The van der Waals surface area contributed by atoms with Crippen molar-refractivity contribution in [3.8, 4) is 0 Å². The van der Waals surface area contributed by atoms with Crippen LogP contribution in [0.25, 0.3) is 0 Å². The van der Waals surface area contributed by atoms with Crippen molar-refractivity contribution in [2.75, 3.05) is 5.32 Å². The molecular formula is C14H10Br2FNO. The summed E-state index contributed by atoms with van der Waals surface area (Å²) in [5.74, 6) is -1.03. The third-order valence-electron chi connectivity index (χ3n) is 2.64. The number of amides is 1. The number of anilines is 1. The van der Waals surface area contributed by atoms with Crippen molar-refractivity contribution in [2.24, 2.45) is 0 Å². The Bertz CT molecular complexity index is 643. The number of benzene rings is 2. The molecule has 98 valence electrons. The lowest BCUT2D eigenvalue weighted by molar-refractivity contribution is 0.102. The summed E-state index contributed by atoms with van der Waals surface area (Å²) in [6, 6.07) is 10.2. The molecule has 0 heterocycles. The molecule has 0 bridgehead atoms. The molecule has 5 heteroatoms. The van der Waals surface area contributed by atoms with E-state index in [9.17, 15) is 9.18 Å². The molecule has 0 aliphatic rings. The molecule has 0 fully saturated rings. The molecule has 0 unspecified atom stereocenters. The molecule has 0 saturated heterocycles. The highest BCUT2D eigenvalue weighted by atomic mass is 79.9. The number of nitrogens with one attached hydrogen (secondary N) is 1. The number of carbonyl (C=O) groups excluding carboxylic acids is 1. The van der Waals surface area contributed by atoms with Crippen molar-refractivity contribution in [3.05, 3.63) is 62.3 Å². The van der Waals surface area contributed by atoms with Gasteiger partial charge >= 0.3 is 0 Å². The van der Waals surface area contributed by atoms with Crippen LogP contribution in [-0.4, -0.2) is 5.91 Å². The highest BCUT2D eigenvalue weighted by molar-refractivity contribution is 9.10. The van der Waals surface area contributed by atoms with E-state index >= 15 is 0 Å². The van der Waals surface area contributed by atoms with Gasteiger partial charge in [0.05, 0.1) is 10.0 Å². The smallest absolute Gasteiger partial charge is 0.258 e. The van der Waals surface area contributed by atoms with Gasteiger partial charge in [-0.15, -0.1) is 0 Å². The number of rotatable bonds is 2. The molecule has 0 aliphatic heterocycles. The molecule has 0 spiro atoms. The zero-order valence-electron chi connectivity index (χ0n) is 10.0. The summed E-state index contributed by atoms with van der Waals surface area (Å²) in [5, 5.41) is 2.71. The molecule has 2 nitrogen and oxygen atoms in total. The summed E-state index contributed by atoms with van der Waals surface area (Å²) in [4.78, 5) is 12.1. The summed E-state index contributed by atoms with van der Waals surface area (Å²) >= 11 is 6.40. The predicted molar refractivity (Wildman–Crippen MR) is 80.9 cm³/mol. The first-order valence-corrected chi connectivity index (χ1v) is 7.09. The van der Waals surface area contributed by atoms with Gasteiger partial charge in [0.25, 0.3) is 5.91 Å². The fourth-order valence-corrected chi connectivity index (χ4v) is 2.32. The SMILES string of the molecule is Cc1ccc(Br)cc1NC(=O)c1cccc(Br)c1F. The molecule has 2 rings (SSSR count). The third kappa shape index (κ3) is 3.22. The number of aryl methyl sites for hydroxylation is 1. The van der Waals surface area contributed by atoms with Gasteiger partial charge in [-0.25, -0.2) is 4.39 Å². The van der Waals surface area contributed by atoms with Gasteiger partial charge in [-0.2, -0.15) is 0 Å². The standard InChI is InChI=1S/C14H10Br2FNO/c1-8-5-6-9(15)7-12(8)18-14(19)10-3-2-4-11(16)13(10)17/h2-7H,1H3,(H,18,19). The van der Waals surface area contributed by atoms with E-state index in [1.807, 2.05) is 19.1 Å². The average molecular weight is 387 g/mol. The fourth-order valence-electron chi connectivity index (χ4n) is 1.60. The minimum Gasteiger partial charge on any atom is -0.322 e. The Hall–Kier alpha value is -1.20. The molecule has 0 atom stereocenters. The maximum atomic E-state index is 13.8. The monoisotopic (exact) mass is 385 g/mol. The minimum atomic E-state index is -0.562. The lowest BCUT2D eigenvalue weighted by Gasteiger charge is -2.10. The van der Waals surface area contributed by atoms with Gasteiger partial charge in [0.1, 0.15) is 5.82 Å². The molecule has 0 aromatic heterocycles. The van der Waals surface area contributed by atoms with E-state index in [0.29, 0.717) is 5.69 Å². The Morgan fingerprint density at radius 2 is 1.95 bits per heavy atom. The van der Waals surface area contributed by atoms with Gasteiger partial charge in [-0.1, -0.05) is 28.1 Å². The van der Waals surface area contributed by atoms with Crippen LogP contribution in [0.2, 0.25) is 0 Å². The maximum Gasteiger partial charge on any atom is 0.258 e. The Morgan fingerprint density at radius 3 is 2.68 bits per heavy atom. The summed E-state index contributed by atoms with van der Waals surface area (Å²) in [5.41, 5.74) is 1.57. The van der Waals surface area contributed by atoms with Crippen molar-refractivity contribution in [3.63, 3.8) is 0 Å². The van der Waals surface area contributed by atoms with Gasteiger partial charge in [0.2, 0.25) is 0 Å². The van der Waals surface area contributed by atoms with Crippen LogP contribution in [0, 0.1) is 12.7 Å². The van der Waals surface area contributed by atoms with E-state index in [2.05, 4.69) is 37.2 Å². The van der Waals surface area contributed by atoms with Crippen LogP contribution in [0.15, 0.2) is 45.3 Å². The van der Waals surface area contributed by atoms with E-state index in [0.717, 1.165) is 10.0 Å². The third-order valence-corrected chi connectivity index (χ3v) is 3.75. The van der Waals surface area contributed by atoms with Crippen molar-refractivity contribution in [2.45, 2.75) is 6.92 Å². The van der Waals surface area contributed by atoms with Crippen molar-refractivity contribution in [1.82, 2.24) is 0 Å². The largest absolute Gasteiger partial charge is 0.322 e. The quantitative estimate of drug-likeness (QED) is 0.780. The molecule has 2 aromatic carbocycles. The van der Waals surface area contributed by atoms with Crippen molar-refractivity contribution < 1.29 is 9.18 Å². The first-order chi connectivity index (χ1) is 8.99. The van der Waals surface area contributed by atoms with E-state index in [-0.39, 0.29) is 10.0 Å². The Kier molecular flexibility index (Phi) is 4.37. The summed E-state index contributed by atoms with van der Waals surface area (Å²) in [6.07, 6.45) is 0. The number of hydrogen-bond donors (Lipinski definition) is 1. The first kappa shape index (κ1) is 14.2. The minimum absolute atomic E-state index is 0.00810. The van der Waals surface area contributed by atoms with Crippen LogP contribution in [0.3, 0.4) is 0 Å². The highest BCUT2D eigenvalue weighted by Crippen LogP contribution is 2.23. The summed E-state index contributed by atoms with van der Waals surface area (Å²) in [7, 11) is 0. The molecule has 0 saturated carbocycles. The van der Waals surface area contributed by atoms with Crippen molar-refractivity contribution in [1.29, 1.82) is 0 Å². The summed E-state index contributed by atoms with van der Waals surface area (Å²) < 4.78 is 14.9. The molecule has 1 N–H and O–H groups in total. The normalized spacial score (nSPS) is 10.3. The molecule has 1 amide bonds. The highest BCUT2D eigenvalue weighted by Gasteiger charge is 2.14. The molecule has 19 heavy (non-hydrogen) atoms. The Morgan fingerprint density at radius 1 is 1.21 bits per heavy atom. The predicted octanol–water partition coefficient (Wildman–Crippen LogP) is 4.91. The fraction of sp³-hybridized carbons (Fsp3) is 0.0714. The summed E-state index contributed by atoms with van der Waals surface area (Å²) in [6.45, 7) is 1.87. The van der Waals surface area contributed by atoms with Crippen LogP contribution in [0.5, 0.6) is 0 Å². The second kappa shape index (κ2) is 5.84. The van der Waals surface area contributed by atoms with E-state index in [1.165, 1.54) is 6.07 Å². The Labute approximate surface area is 127 Å². The van der Waals surface area contributed by atoms with E-state index < -0.39 is 11.7 Å². The number of carbonyl (C=O) groups is 1. The van der Waals surface area contributed by atoms with Crippen LogP contribution in [0.1, 0.15) is 15.9 Å². The second-order valence-electron chi connectivity index (χ2n) is 4.01.